The van der Waals surface area contributed by atoms with Crippen LogP contribution in [0.3, 0.4) is 0 Å². The van der Waals surface area contributed by atoms with Crippen molar-refractivity contribution in [3.63, 3.8) is 0 Å². The maximum atomic E-state index is 12.2. The maximum Gasteiger partial charge on any atom is 0.252 e. The van der Waals surface area contributed by atoms with E-state index in [0.717, 1.165) is 55.4 Å². The first-order chi connectivity index (χ1) is 14.8. The first kappa shape index (κ1) is 20.2. The zero-order valence-corrected chi connectivity index (χ0v) is 17.0. The largest absolute Gasteiger partial charge is 0.492 e. The molecule has 0 unspecified atom stereocenters. The van der Waals surface area contributed by atoms with Gasteiger partial charge in [-0.3, -0.25) is 9.69 Å². The van der Waals surface area contributed by atoms with E-state index in [4.69, 9.17) is 9.47 Å². The number of H-pyrrole nitrogens is 1. The minimum atomic E-state index is -0.0785. The third-order valence-corrected chi connectivity index (χ3v) is 5.20. The highest BCUT2D eigenvalue weighted by Gasteiger charge is 2.09. The zero-order chi connectivity index (χ0) is 20.6. The summed E-state index contributed by atoms with van der Waals surface area (Å²) in [6.45, 7) is 5.56. The molecule has 0 bridgehead atoms. The third kappa shape index (κ3) is 5.49. The Morgan fingerprint density at radius 1 is 1.00 bits per heavy atom. The van der Waals surface area contributed by atoms with E-state index in [0.29, 0.717) is 18.7 Å². The second-order valence-corrected chi connectivity index (χ2v) is 7.29. The van der Waals surface area contributed by atoms with Crippen LogP contribution in [0.4, 0.5) is 5.69 Å². The van der Waals surface area contributed by atoms with E-state index in [1.54, 1.807) is 6.20 Å². The van der Waals surface area contributed by atoms with E-state index in [1.165, 1.54) is 0 Å². The SMILES string of the molecule is O=c1[nH]cc(-c2ccccc2)cc1CNc1ccc(OCCN2CCOCC2)cc1. The molecule has 2 heterocycles. The van der Waals surface area contributed by atoms with E-state index in [2.05, 4.69) is 15.2 Å². The quantitative estimate of drug-likeness (QED) is 0.602. The normalized spacial score (nSPS) is 14.4. The third-order valence-electron chi connectivity index (χ3n) is 5.20. The average Bonchev–Trinajstić information content (AvgIpc) is 2.81. The lowest BCUT2D eigenvalue weighted by Gasteiger charge is -2.26. The van der Waals surface area contributed by atoms with Gasteiger partial charge in [0, 0.05) is 43.6 Å². The molecule has 0 saturated carbocycles. The molecule has 4 rings (SSSR count). The molecule has 0 radical (unpaired) electrons. The molecular weight excluding hydrogens is 378 g/mol. The highest BCUT2D eigenvalue weighted by Crippen LogP contribution is 2.19. The van der Waals surface area contributed by atoms with Gasteiger partial charge in [-0.2, -0.15) is 0 Å². The first-order valence-electron chi connectivity index (χ1n) is 10.3. The number of nitrogens with zero attached hydrogens (tertiary/aromatic N) is 1. The first-order valence-corrected chi connectivity index (χ1v) is 10.3. The van der Waals surface area contributed by atoms with Crippen molar-refractivity contribution in [1.82, 2.24) is 9.88 Å². The molecule has 2 aromatic carbocycles. The Balaban J connectivity index is 1.30. The summed E-state index contributed by atoms with van der Waals surface area (Å²) in [5.74, 6) is 0.845. The molecule has 1 aromatic heterocycles. The van der Waals surface area contributed by atoms with E-state index < -0.39 is 0 Å². The van der Waals surface area contributed by atoms with Crippen LogP contribution in [0.5, 0.6) is 5.75 Å². The van der Waals surface area contributed by atoms with Gasteiger partial charge in [-0.1, -0.05) is 30.3 Å². The topological polar surface area (TPSA) is 66.6 Å². The molecule has 30 heavy (non-hydrogen) atoms. The highest BCUT2D eigenvalue weighted by atomic mass is 16.5. The number of aromatic amines is 1. The molecule has 1 saturated heterocycles. The van der Waals surface area contributed by atoms with Crippen molar-refractivity contribution < 1.29 is 9.47 Å². The van der Waals surface area contributed by atoms with Gasteiger partial charge in [0.1, 0.15) is 12.4 Å². The monoisotopic (exact) mass is 405 g/mol. The Morgan fingerprint density at radius 3 is 2.53 bits per heavy atom. The van der Waals surface area contributed by atoms with Gasteiger partial charge in [0.15, 0.2) is 0 Å². The number of anilines is 1. The van der Waals surface area contributed by atoms with Crippen molar-refractivity contribution in [2.24, 2.45) is 0 Å². The summed E-state index contributed by atoms with van der Waals surface area (Å²) >= 11 is 0. The number of nitrogens with one attached hydrogen (secondary N) is 2. The van der Waals surface area contributed by atoms with Crippen LogP contribution < -0.4 is 15.6 Å². The predicted molar refractivity (Wildman–Crippen MR) is 119 cm³/mol. The van der Waals surface area contributed by atoms with Crippen molar-refractivity contribution in [3.05, 3.63) is 82.8 Å². The summed E-state index contributed by atoms with van der Waals surface area (Å²) in [5, 5.41) is 3.32. The molecule has 6 heteroatoms. The summed E-state index contributed by atoms with van der Waals surface area (Å²) in [7, 11) is 0. The van der Waals surface area contributed by atoms with Gasteiger partial charge in [0.2, 0.25) is 0 Å². The van der Waals surface area contributed by atoms with Crippen LogP contribution >= 0.6 is 0 Å². The Kier molecular flexibility index (Phi) is 6.79. The zero-order valence-electron chi connectivity index (χ0n) is 17.0. The van der Waals surface area contributed by atoms with Crippen LogP contribution in [-0.2, 0) is 11.3 Å². The van der Waals surface area contributed by atoms with Crippen molar-refractivity contribution in [2.45, 2.75) is 6.54 Å². The molecule has 0 aliphatic carbocycles. The summed E-state index contributed by atoms with van der Waals surface area (Å²) in [5.41, 5.74) is 3.64. The molecular formula is C24H27N3O3. The summed E-state index contributed by atoms with van der Waals surface area (Å²) in [4.78, 5) is 17.4. The molecule has 6 nitrogen and oxygen atoms in total. The van der Waals surface area contributed by atoms with E-state index in [1.807, 2.05) is 60.7 Å². The van der Waals surface area contributed by atoms with Crippen LogP contribution in [0.2, 0.25) is 0 Å². The second kappa shape index (κ2) is 10.1. The number of benzene rings is 2. The fourth-order valence-corrected chi connectivity index (χ4v) is 3.44. The van der Waals surface area contributed by atoms with Crippen LogP contribution in [0.25, 0.3) is 11.1 Å². The lowest BCUT2D eigenvalue weighted by Crippen LogP contribution is -2.38. The van der Waals surface area contributed by atoms with Crippen LogP contribution in [0, 0.1) is 0 Å². The molecule has 156 valence electrons. The summed E-state index contributed by atoms with van der Waals surface area (Å²) in [6, 6.07) is 19.8. The lowest BCUT2D eigenvalue weighted by molar-refractivity contribution is 0.0322. The van der Waals surface area contributed by atoms with Gasteiger partial charge in [0.25, 0.3) is 5.56 Å². The highest BCUT2D eigenvalue weighted by molar-refractivity contribution is 5.63. The molecule has 0 atom stereocenters. The van der Waals surface area contributed by atoms with Crippen LogP contribution in [-0.4, -0.2) is 49.3 Å². The van der Waals surface area contributed by atoms with E-state index >= 15 is 0 Å². The van der Waals surface area contributed by atoms with Gasteiger partial charge in [-0.25, -0.2) is 0 Å². The van der Waals surface area contributed by atoms with Crippen molar-refractivity contribution >= 4 is 5.69 Å². The molecule has 1 aliphatic rings. The fraction of sp³-hybridized carbons (Fsp3) is 0.292. The minimum absolute atomic E-state index is 0.0785. The Hall–Kier alpha value is -3.09. The standard InChI is InChI=1S/C24H27N3O3/c28-24-21(16-20(17-26-24)19-4-2-1-3-5-19)18-25-22-6-8-23(9-7-22)30-15-12-27-10-13-29-14-11-27/h1-9,16-17,25H,10-15,18H2,(H,26,28). The molecule has 1 aliphatic heterocycles. The van der Waals surface area contributed by atoms with Gasteiger partial charge in [-0.15, -0.1) is 0 Å². The number of hydrogen-bond donors (Lipinski definition) is 2. The van der Waals surface area contributed by atoms with E-state index in [-0.39, 0.29) is 5.56 Å². The molecule has 0 spiro atoms. The fourth-order valence-electron chi connectivity index (χ4n) is 3.44. The lowest BCUT2D eigenvalue weighted by atomic mass is 10.1. The second-order valence-electron chi connectivity index (χ2n) is 7.29. The molecule has 3 aromatic rings. The van der Waals surface area contributed by atoms with Crippen molar-refractivity contribution in [2.75, 3.05) is 44.8 Å². The Morgan fingerprint density at radius 2 is 1.77 bits per heavy atom. The maximum absolute atomic E-state index is 12.2. The van der Waals surface area contributed by atoms with Crippen molar-refractivity contribution in [3.8, 4) is 16.9 Å². The van der Waals surface area contributed by atoms with E-state index in [9.17, 15) is 4.79 Å². The number of ether oxygens (including phenoxy) is 2. The van der Waals surface area contributed by atoms with Crippen molar-refractivity contribution in [1.29, 1.82) is 0 Å². The molecule has 2 N–H and O–H groups in total. The van der Waals surface area contributed by atoms with Gasteiger partial charge in [0.05, 0.1) is 13.2 Å². The molecule has 1 fully saturated rings. The number of rotatable bonds is 8. The van der Waals surface area contributed by atoms with Crippen LogP contribution in [0.15, 0.2) is 71.7 Å². The Bertz CT molecular complexity index is 981. The van der Waals surface area contributed by atoms with Crippen LogP contribution in [0.1, 0.15) is 5.56 Å². The molecule has 0 amide bonds. The number of morpholine rings is 1. The number of hydrogen-bond acceptors (Lipinski definition) is 5. The minimum Gasteiger partial charge on any atom is -0.492 e. The number of pyridine rings is 1. The number of aromatic nitrogens is 1. The van der Waals surface area contributed by atoms with Gasteiger partial charge >= 0.3 is 0 Å². The summed E-state index contributed by atoms with van der Waals surface area (Å²) in [6.07, 6.45) is 1.75. The van der Waals surface area contributed by atoms with Gasteiger partial charge in [-0.05, 0) is 41.5 Å². The Labute approximate surface area is 176 Å². The summed E-state index contributed by atoms with van der Waals surface area (Å²) < 4.78 is 11.2. The predicted octanol–water partition coefficient (Wildman–Crippen LogP) is 3.37. The smallest absolute Gasteiger partial charge is 0.252 e. The average molecular weight is 405 g/mol. The van der Waals surface area contributed by atoms with Gasteiger partial charge < -0.3 is 19.8 Å².